The van der Waals surface area contributed by atoms with Crippen LogP contribution in [-0.2, 0) is 45.6 Å². The van der Waals surface area contributed by atoms with E-state index in [0.717, 1.165) is 49.5 Å². The summed E-state index contributed by atoms with van der Waals surface area (Å²) < 4.78 is 192. The minimum absolute atomic E-state index is 0.0246. The number of aromatic nitrogens is 5. The summed E-state index contributed by atoms with van der Waals surface area (Å²) in [5, 5.41) is 20.5. The largest absolute Gasteiger partial charge is 0.481 e. The molecular formula is C45H38Cl2F7N9O19S3. The molecule has 0 radical (unpaired) electrons. The summed E-state index contributed by atoms with van der Waals surface area (Å²) in [5.41, 5.74) is -1.76. The maximum Gasteiger partial charge on any atom is 0.416 e. The lowest BCUT2D eigenvalue weighted by Gasteiger charge is -2.13. The molecule has 0 aliphatic carbocycles. The Labute approximate surface area is 483 Å². The predicted molar refractivity (Wildman–Crippen MR) is 275 cm³/mol. The fourth-order valence-corrected chi connectivity index (χ4v) is 9.84. The zero-order chi connectivity index (χ0) is 63.8. The third kappa shape index (κ3) is 20.3. The molecule has 0 unspecified atom stereocenters. The number of nitrogens with one attached hydrogen (secondary N) is 4. The highest BCUT2D eigenvalue weighted by Gasteiger charge is 2.32. The van der Waals surface area contributed by atoms with Gasteiger partial charge < -0.3 is 38.6 Å². The van der Waals surface area contributed by atoms with Crippen LogP contribution in [0.25, 0.3) is 0 Å². The molecule has 6 rings (SSSR count). The van der Waals surface area contributed by atoms with Crippen molar-refractivity contribution in [1.82, 2.24) is 34.4 Å². The van der Waals surface area contributed by atoms with Crippen LogP contribution in [0.15, 0.2) is 106 Å². The normalized spacial score (nSPS) is 11.7. The topological polar surface area (TPSA) is 396 Å². The standard InChI is InChI=1S/C17H11Cl2F3O5.C14H10F4N4O7S.C14H17N5O7S2/c1-8(15(23)24)26-16(25)11-7-10(3-4-12(11)18)27-14-5-2-9(6-13(14)19)17(20,21)22;15-11(16)28-8-5-9(29-12(17)18)20-13(19-8)21-14(25)22-30(26,27)7-4-2-1-3-6(7)10(23)24;1-4-27(21,22)9-6-5-7-15-12(9)28(23,24)19-14(20)18-13-16-10(25-2)8-11(17-13)26-3/h2-8H,1H3,(H,23,24);1-5,11-12H,(H,23,24)(H2,19,20,21,22,25);5-8H,4H2,1-3H3,(H2,16,17,18,19,20)/t8-;;/m0../s1. The summed E-state index contributed by atoms with van der Waals surface area (Å²) in [5.74, 6) is -7.36. The number of ether oxygens (including phenoxy) is 6. The number of urea groups is 2. The van der Waals surface area contributed by atoms with Gasteiger partial charge in [-0.1, -0.05) is 42.3 Å². The molecule has 4 amide bonds. The number of halogens is 9. The molecule has 0 spiro atoms. The van der Waals surface area contributed by atoms with Gasteiger partial charge in [0.2, 0.25) is 35.4 Å². The van der Waals surface area contributed by atoms with Crippen molar-refractivity contribution in [3.63, 3.8) is 0 Å². The highest BCUT2D eigenvalue weighted by molar-refractivity contribution is 7.93. The number of hydrogen-bond acceptors (Lipinski definition) is 22. The van der Waals surface area contributed by atoms with Gasteiger partial charge in [0.1, 0.15) is 21.3 Å². The second-order valence-corrected chi connectivity index (χ2v) is 21.6. The number of alkyl halides is 7. The fourth-order valence-electron chi connectivity index (χ4n) is 5.77. The molecular weight excluding hydrogens is 1270 g/mol. The van der Waals surface area contributed by atoms with E-state index in [0.29, 0.717) is 12.1 Å². The number of carbonyl (C=O) groups excluding carboxylic acids is 3. The van der Waals surface area contributed by atoms with Crippen LogP contribution in [0.4, 0.5) is 52.2 Å². The molecule has 28 nitrogen and oxygen atoms in total. The minimum atomic E-state index is -4.71. The van der Waals surface area contributed by atoms with E-state index in [2.05, 4.69) is 39.7 Å². The number of anilines is 2. The first kappa shape index (κ1) is 68.4. The zero-order valence-electron chi connectivity index (χ0n) is 42.8. The van der Waals surface area contributed by atoms with E-state index in [9.17, 15) is 80.0 Å². The number of esters is 1. The number of methoxy groups -OCH3 is 2. The van der Waals surface area contributed by atoms with Crippen LogP contribution in [-0.4, -0.2) is 130 Å². The van der Waals surface area contributed by atoms with E-state index in [1.807, 2.05) is 0 Å². The van der Waals surface area contributed by atoms with Crippen LogP contribution < -0.4 is 43.8 Å². The van der Waals surface area contributed by atoms with Gasteiger partial charge in [-0.15, -0.1) is 0 Å². The van der Waals surface area contributed by atoms with Crippen molar-refractivity contribution in [1.29, 1.82) is 0 Å². The van der Waals surface area contributed by atoms with Gasteiger partial charge >= 0.3 is 49.4 Å². The van der Waals surface area contributed by atoms with E-state index in [1.165, 1.54) is 62.3 Å². The zero-order valence-corrected chi connectivity index (χ0v) is 46.8. The highest BCUT2D eigenvalue weighted by atomic mass is 35.5. The van der Waals surface area contributed by atoms with Crippen molar-refractivity contribution in [3.05, 3.63) is 118 Å². The van der Waals surface area contributed by atoms with Gasteiger partial charge in [0.05, 0.1) is 58.8 Å². The van der Waals surface area contributed by atoms with Gasteiger partial charge in [-0.2, -0.15) is 59.1 Å². The number of rotatable bonds is 20. The molecule has 85 heavy (non-hydrogen) atoms. The third-order valence-corrected chi connectivity index (χ3v) is 14.7. The molecule has 3 heterocycles. The lowest BCUT2D eigenvalue weighted by Crippen LogP contribution is -2.36. The van der Waals surface area contributed by atoms with E-state index in [-0.39, 0.29) is 50.6 Å². The second-order valence-electron chi connectivity index (χ2n) is 15.3. The Bertz CT molecular complexity index is 3760. The summed E-state index contributed by atoms with van der Waals surface area (Å²) in [6.45, 7) is -4.30. The number of aromatic carboxylic acids is 1. The Morgan fingerprint density at radius 3 is 1.66 bits per heavy atom. The summed E-state index contributed by atoms with van der Waals surface area (Å²) in [6, 6.07) is 12.0. The highest BCUT2D eigenvalue weighted by Crippen LogP contribution is 2.37. The molecule has 0 fully saturated rings. The van der Waals surface area contributed by atoms with Crippen LogP contribution in [0.2, 0.25) is 10.0 Å². The maximum atomic E-state index is 12.7. The summed E-state index contributed by atoms with van der Waals surface area (Å²) >= 11 is 11.7. The fraction of sp³-hybridized carbons (Fsp3) is 0.200. The predicted octanol–water partition coefficient (Wildman–Crippen LogP) is 7.52. The molecule has 1 atom stereocenters. The molecule has 40 heteroatoms. The van der Waals surface area contributed by atoms with Gasteiger partial charge in [0, 0.05) is 6.20 Å². The van der Waals surface area contributed by atoms with Crippen molar-refractivity contribution in [2.24, 2.45) is 0 Å². The molecule has 0 saturated carbocycles. The second kappa shape index (κ2) is 29.4. The Morgan fingerprint density at radius 2 is 1.16 bits per heavy atom. The van der Waals surface area contributed by atoms with Crippen molar-refractivity contribution in [2.75, 3.05) is 30.6 Å². The first-order valence-electron chi connectivity index (χ1n) is 22.3. The number of pyridine rings is 1. The van der Waals surface area contributed by atoms with E-state index < -0.39 is 129 Å². The number of carbonyl (C=O) groups is 5. The molecule has 0 aliphatic heterocycles. The first-order chi connectivity index (χ1) is 39.6. The number of amides is 4. The van der Waals surface area contributed by atoms with E-state index in [1.54, 1.807) is 10.0 Å². The van der Waals surface area contributed by atoms with Crippen molar-refractivity contribution in [2.45, 2.75) is 54.2 Å². The Morgan fingerprint density at radius 1 is 0.647 bits per heavy atom. The van der Waals surface area contributed by atoms with Gasteiger partial charge in [0.15, 0.2) is 21.0 Å². The van der Waals surface area contributed by atoms with Crippen molar-refractivity contribution in [3.8, 4) is 35.0 Å². The van der Waals surface area contributed by atoms with Crippen LogP contribution in [0, 0.1) is 0 Å². The number of carboxylic acid groups (broad SMARTS) is 2. The summed E-state index contributed by atoms with van der Waals surface area (Å²) in [6.07, 6.45) is -4.86. The van der Waals surface area contributed by atoms with Crippen molar-refractivity contribution >= 4 is 95.0 Å². The molecule has 0 saturated heterocycles. The Hall–Kier alpha value is -9.14. The number of nitrogens with zero attached hydrogens (tertiary/aromatic N) is 5. The van der Waals surface area contributed by atoms with E-state index in [4.69, 9.17) is 52.4 Å². The van der Waals surface area contributed by atoms with Crippen molar-refractivity contribution < 1.29 is 119 Å². The van der Waals surface area contributed by atoms with Crippen LogP contribution in [0.5, 0.6) is 35.0 Å². The smallest absolute Gasteiger partial charge is 0.416 e. The molecule has 0 aliphatic rings. The number of benzene rings is 3. The quantitative estimate of drug-likeness (QED) is 0.0318. The van der Waals surface area contributed by atoms with Crippen LogP contribution in [0.3, 0.4) is 0 Å². The number of sulfonamides is 2. The van der Waals surface area contributed by atoms with Gasteiger partial charge in [-0.05, 0) is 67.6 Å². The lowest BCUT2D eigenvalue weighted by molar-refractivity contribution is -0.146. The SMILES string of the molecule is CCS(=O)(=O)c1cccnc1S(=O)(=O)NC(=O)Nc1nc(OC)cc(OC)n1.C[C@H](OC(=O)c1cc(Oc2ccc(C(F)(F)F)cc2Cl)ccc1Cl)C(=O)O.O=C(Nc1nc(OC(F)F)cc(OC(F)F)n1)NS(=O)(=O)c1ccccc1C(=O)O. The molecule has 0 bridgehead atoms. The molecule has 3 aromatic heterocycles. The van der Waals surface area contributed by atoms with Gasteiger partial charge in [-0.25, -0.2) is 55.2 Å². The maximum absolute atomic E-state index is 12.7. The Kier molecular flexibility index (Phi) is 23.6. The number of hydrogen-bond donors (Lipinski definition) is 6. The summed E-state index contributed by atoms with van der Waals surface area (Å²) in [4.78, 5) is 74.5. The molecule has 6 aromatic rings. The van der Waals surface area contributed by atoms with Gasteiger partial charge in [0.25, 0.3) is 20.0 Å². The minimum Gasteiger partial charge on any atom is -0.481 e. The molecule has 458 valence electrons. The first-order valence-corrected chi connectivity index (χ1v) is 27.7. The molecule has 6 N–H and O–H groups in total. The average molecular weight is 1310 g/mol. The number of aliphatic carboxylic acids is 1. The average Bonchev–Trinajstić information content (AvgIpc) is 3.56. The van der Waals surface area contributed by atoms with Gasteiger partial charge in [-0.3, -0.25) is 10.6 Å². The monoisotopic (exact) mass is 1310 g/mol. The van der Waals surface area contributed by atoms with E-state index >= 15 is 0 Å². The summed E-state index contributed by atoms with van der Waals surface area (Å²) in [7, 11) is -10.6. The number of sulfone groups is 1. The van der Waals surface area contributed by atoms with Crippen LogP contribution >= 0.6 is 23.2 Å². The lowest BCUT2D eigenvalue weighted by atomic mass is 10.2. The Balaban J connectivity index is 0.000000274. The third-order valence-electron chi connectivity index (χ3n) is 9.49. The molecule has 3 aromatic carbocycles. The number of carboxylic acids is 2. The van der Waals surface area contributed by atoms with Crippen LogP contribution in [0.1, 0.15) is 40.1 Å².